The largest absolute Gasteiger partial charge is 0.417 e. The van der Waals surface area contributed by atoms with Crippen LogP contribution in [0.3, 0.4) is 0 Å². The number of nitrogens with two attached hydrogens (primary N) is 2. The van der Waals surface area contributed by atoms with Gasteiger partial charge in [-0.3, -0.25) is 4.99 Å². The summed E-state index contributed by atoms with van der Waals surface area (Å²) in [5.74, 6) is 0.777. The number of nitrogens with one attached hydrogen (secondary N) is 1. The van der Waals surface area contributed by atoms with Crippen LogP contribution in [0.25, 0.3) is 11.4 Å². The zero-order valence-corrected chi connectivity index (χ0v) is 20.2. The Balaban J connectivity index is 1.84. The van der Waals surface area contributed by atoms with E-state index in [4.69, 9.17) is 11.5 Å². The minimum atomic E-state index is -4.54. The highest BCUT2D eigenvalue weighted by atomic mass is 19.4. The zero-order chi connectivity index (χ0) is 25.7. The van der Waals surface area contributed by atoms with E-state index in [0.717, 1.165) is 38.2 Å². The molecular weight excluding hydrogens is 465 g/mol. The number of alkyl halides is 3. The smallest absolute Gasteiger partial charge is 0.398 e. The van der Waals surface area contributed by atoms with E-state index >= 15 is 0 Å². The van der Waals surface area contributed by atoms with Crippen LogP contribution in [0.5, 0.6) is 0 Å². The average Bonchev–Trinajstić information content (AvgIpc) is 2.86. The van der Waals surface area contributed by atoms with Gasteiger partial charge in [0.1, 0.15) is 11.7 Å². The Bertz CT molecular complexity index is 1220. The number of hydrogen-bond acceptors (Lipinski definition) is 5. The maximum Gasteiger partial charge on any atom is 0.417 e. The van der Waals surface area contributed by atoms with Crippen molar-refractivity contribution in [3.63, 3.8) is 0 Å². The molecule has 36 heavy (non-hydrogen) atoms. The van der Waals surface area contributed by atoms with Gasteiger partial charge in [0.05, 0.1) is 11.3 Å². The SMILES string of the molecule is CCCN=C(Nc1cc(C2CCCCC2N)nc(-c2ccccc2C(F)(F)F)n1)c1ccccc1N. The molecule has 1 heterocycles. The number of hydrogen-bond donors (Lipinski definition) is 3. The summed E-state index contributed by atoms with van der Waals surface area (Å²) in [4.78, 5) is 13.8. The van der Waals surface area contributed by atoms with Crippen LogP contribution in [0.4, 0.5) is 24.7 Å². The lowest BCUT2D eigenvalue weighted by molar-refractivity contribution is -0.137. The molecular formula is C27H31F3N6. The molecule has 5 N–H and O–H groups in total. The molecule has 0 amide bonds. The maximum absolute atomic E-state index is 13.8. The van der Waals surface area contributed by atoms with Crippen LogP contribution in [0.2, 0.25) is 0 Å². The van der Waals surface area contributed by atoms with Gasteiger partial charge in [-0.25, -0.2) is 9.97 Å². The molecule has 1 aliphatic rings. The third-order valence-electron chi connectivity index (χ3n) is 6.37. The number of nitrogens with zero attached hydrogens (tertiary/aromatic N) is 3. The molecule has 6 nitrogen and oxygen atoms in total. The molecule has 190 valence electrons. The van der Waals surface area contributed by atoms with E-state index < -0.39 is 11.7 Å². The maximum atomic E-state index is 13.8. The van der Waals surface area contributed by atoms with Crippen LogP contribution in [0.15, 0.2) is 59.6 Å². The van der Waals surface area contributed by atoms with Crippen molar-refractivity contribution >= 4 is 17.3 Å². The van der Waals surface area contributed by atoms with Crippen molar-refractivity contribution in [2.24, 2.45) is 10.7 Å². The average molecular weight is 497 g/mol. The van der Waals surface area contributed by atoms with Gasteiger partial charge in [-0.05, 0) is 37.5 Å². The first kappa shape index (κ1) is 25.6. The van der Waals surface area contributed by atoms with Crippen LogP contribution in [-0.4, -0.2) is 28.4 Å². The number of rotatable bonds is 6. The Hall–Kier alpha value is -3.46. The predicted molar refractivity (Wildman–Crippen MR) is 138 cm³/mol. The Morgan fingerprint density at radius 2 is 1.78 bits per heavy atom. The first-order valence-electron chi connectivity index (χ1n) is 12.3. The van der Waals surface area contributed by atoms with Crippen molar-refractivity contribution in [2.45, 2.75) is 57.2 Å². The molecule has 1 aliphatic carbocycles. The number of anilines is 2. The van der Waals surface area contributed by atoms with Crippen molar-refractivity contribution in [2.75, 3.05) is 17.6 Å². The number of benzene rings is 2. The summed E-state index contributed by atoms with van der Waals surface area (Å²) in [5.41, 5.74) is 13.6. The molecule has 1 saturated carbocycles. The number of aliphatic imine (C=N–C) groups is 1. The van der Waals surface area contributed by atoms with Crippen LogP contribution in [0.1, 0.15) is 61.8 Å². The number of para-hydroxylation sites is 1. The topological polar surface area (TPSA) is 102 Å². The van der Waals surface area contributed by atoms with E-state index in [-0.39, 0.29) is 23.3 Å². The summed E-state index contributed by atoms with van der Waals surface area (Å²) >= 11 is 0. The van der Waals surface area contributed by atoms with Crippen molar-refractivity contribution in [3.8, 4) is 11.4 Å². The zero-order valence-electron chi connectivity index (χ0n) is 20.2. The van der Waals surface area contributed by atoms with Gasteiger partial charge >= 0.3 is 6.18 Å². The second kappa shape index (κ2) is 11.1. The van der Waals surface area contributed by atoms with E-state index in [1.807, 2.05) is 25.1 Å². The van der Waals surface area contributed by atoms with Crippen molar-refractivity contribution in [3.05, 3.63) is 71.4 Å². The molecule has 0 radical (unpaired) electrons. The fraction of sp³-hybridized carbons (Fsp3) is 0.370. The molecule has 2 aromatic carbocycles. The first-order valence-corrected chi connectivity index (χ1v) is 12.3. The van der Waals surface area contributed by atoms with Gasteiger partial charge in [-0.15, -0.1) is 0 Å². The van der Waals surface area contributed by atoms with E-state index in [9.17, 15) is 13.2 Å². The van der Waals surface area contributed by atoms with Gasteiger partial charge in [-0.1, -0.05) is 50.1 Å². The van der Waals surface area contributed by atoms with Gasteiger partial charge in [0, 0.05) is 41.4 Å². The molecule has 2 unspecified atom stereocenters. The highest BCUT2D eigenvalue weighted by Gasteiger charge is 2.34. The van der Waals surface area contributed by atoms with Crippen molar-refractivity contribution in [1.29, 1.82) is 0 Å². The fourth-order valence-corrected chi connectivity index (χ4v) is 4.54. The van der Waals surface area contributed by atoms with Crippen LogP contribution < -0.4 is 16.8 Å². The molecule has 1 fully saturated rings. The summed E-state index contributed by atoms with van der Waals surface area (Å²) in [5, 5.41) is 3.23. The lowest BCUT2D eigenvalue weighted by atomic mass is 9.83. The minimum Gasteiger partial charge on any atom is -0.398 e. The van der Waals surface area contributed by atoms with Gasteiger partial charge in [0.15, 0.2) is 5.82 Å². The highest BCUT2D eigenvalue weighted by molar-refractivity contribution is 6.11. The number of aromatic nitrogens is 2. The normalized spacial score (nSPS) is 18.8. The van der Waals surface area contributed by atoms with Gasteiger partial charge in [0.2, 0.25) is 0 Å². The molecule has 1 aromatic heterocycles. The fourth-order valence-electron chi connectivity index (χ4n) is 4.54. The van der Waals surface area contributed by atoms with Gasteiger partial charge in [0.25, 0.3) is 0 Å². The molecule has 0 spiro atoms. The van der Waals surface area contributed by atoms with Crippen molar-refractivity contribution in [1.82, 2.24) is 9.97 Å². The Morgan fingerprint density at radius 3 is 2.50 bits per heavy atom. The van der Waals surface area contributed by atoms with Crippen LogP contribution >= 0.6 is 0 Å². The second-order valence-corrected chi connectivity index (χ2v) is 9.04. The number of amidine groups is 1. The molecule has 0 bridgehead atoms. The summed E-state index contributed by atoms with van der Waals surface area (Å²) in [6.45, 7) is 2.56. The summed E-state index contributed by atoms with van der Waals surface area (Å²) in [6.07, 6.45) is -0.0523. The predicted octanol–water partition coefficient (Wildman–Crippen LogP) is 6.00. The molecule has 9 heteroatoms. The number of halogens is 3. The second-order valence-electron chi connectivity index (χ2n) is 9.04. The Labute approximate surface area is 209 Å². The third kappa shape index (κ3) is 5.84. The molecule has 3 aromatic rings. The van der Waals surface area contributed by atoms with Gasteiger partial charge < -0.3 is 16.8 Å². The number of nitrogen functional groups attached to an aromatic ring is 1. The minimum absolute atomic E-state index is 0.00317. The van der Waals surface area contributed by atoms with E-state index in [1.165, 1.54) is 12.1 Å². The Kier molecular flexibility index (Phi) is 7.88. The van der Waals surface area contributed by atoms with E-state index in [0.29, 0.717) is 35.1 Å². The third-order valence-corrected chi connectivity index (χ3v) is 6.37. The van der Waals surface area contributed by atoms with Crippen LogP contribution in [0, 0.1) is 0 Å². The lowest BCUT2D eigenvalue weighted by Crippen LogP contribution is -2.32. The highest BCUT2D eigenvalue weighted by Crippen LogP contribution is 2.38. The Morgan fingerprint density at radius 1 is 1.06 bits per heavy atom. The summed E-state index contributed by atoms with van der Waals surface area (Å²) in [7, 11) is 0. The van der Waals surface area contributed by atoms with E-state index in [1.54, 1.807) is 18.2 Å². The quantitative estimate of drug-likeness (QED) is 0.221. The van der Waals surface area contributed by atoms with Crippen molar-refractivity contribution < 1.29 is 13.2 Å². The molecule has 0 aliphatic heterocycles. The molecule has 0 saturated heterocycles. The van der Waals surface area contributed by atoms with E-state index in [2.05, 4.69) is 20.3 Å². The summed E-state index contributed by atoms with van der Waals surface area (Å²) in [6, 6.07) is 14.3. The first-order chi connectivity index (χ1) is 17.3. The standard InChI is InChI=1S/C27H31F3N6/c1-2-15-33-25(19-11-5-8-14-22(19)32)35-24-16-23(18-10-4-7-13-21(18)31)34-26(36-24)17-9-3-6-12-20(17)27(28,29)30/h3,5-6,8-9,11-12,14,16,18,21H,2,4,7,10,13,15,31-32H2,1H3,(H,33,34,35,36). The molecule has 4 rings (SSSR count). The lowest BCUT2D eigenvalue weighted by Gasteiger charge is -2.28. The van der Waals surface area contributed by atoms with Gasteiger partial charge in [-0.2, -0.15) is 13.2 Å². The van der Waals surface area contributed by atoms with Crippen LogP contribution in [-0.2, 0) is 6.18 Å². The summed E-state index contributed by atoms with van der Waals surface area (Å²) < 4.78 is 41.5. The monoisotopic (exact) mass is 496 g/mol. The molecule has 2 atom stereocenters.